The Morgan fingerprint density at radius 2 is 1.80 bits per heavy atom. The highest BCUT2D eigenvalue weighted by molar-refractivity contribution is 5.94. The Morgan fingerprint density at radius 1 is 1.15 bits per heavy atom. The minimum atomic E-state index is -0.145. The van der Waals surface area contributed by atoms with Crippen LogP contribution in [0.3, 0.4) is 0 Å². The molecule has 20 heavy (non-hydrogen) atoms. The number of hydrogen-bond donors (Lipinski definition) is 2. The van der Waals surface area contributed by atoms with Crippen molar-refractivity contribution in [2.24, 2.45) is 5.92 Å². The highest BCUT2D eigenvalue weighted by atomic mass is 16.5. The number of carbonyl (C=O) groups excluding carboxylic acids is 2. The van der Waals surface area contributed by atoms with Crippen LogP contribution in [0.2, 0.25) is 0 Å². The maximum Gasteiger partial charge on any atom is 0.251 e. The lowest BCUT2D eigenvalue weighted by atomic mass is 10.2. The summed E-state index contributed by atoms with van der Waals surface area (Å²) in [5.74, 6) is 0.909. The molecule has 1 saturated carbocycles. The molecule has 0 aromatic heterocycles. The second-order valence-corrected chi connectivity index (χ2v) is 4.78. The number of hydrogen-bond acceptors (Lipinski definition) is 3. The van der Waals surface area contributed by atoms with E-state index in [1.807, 2.05) is 6.92 Å². The van der Waals surface area contributed by atoms with Crippen LogP contribution >= 0.6 is 0 Å². The normalized spacial score (nSPS) is 13.7. The Bertz CT molecular complexity index is 467. The lowest BCUT2D eigenvalue weighted by Crippen LogP contribution is -2.35. The number of nitrogens with one attached hydrogen (secondary N) is 2. The van der Waals surface area contributed by atoms with Crippen LogP contribution in [-0.2, 0) is 4.79 Å². The smallest absolute Gasteiger partial charge is 0.251 e. The molecule has 5 heteroatoms. The van der Waals surface area contributed by atoms with Gasteiger partial charge in [-0.2, -0.15) is 0 Å². The van der Waals surface area contributed by atoms with Gasteiger partial charge in [0.2, 0.25) is 5.91 Å². The molecule has 1 aromatic carbocycles. The van der Waals surface area contributed by atoms with Crippen LogP contribution in [0, 0.1) is 5.92 Å². The molecular formula is C15H20N2O3. The largest absolute Gasteiger partial charge is 0.494 e. The van der Waals surface area contributed by atoms with Gasteiger partial charge in [0.15, 0.2) is 0 Å². The SMILES string of the molecule is CCOc1ccc(C(=O)NCCNC(=O)C2CC2)cc1. The van der Waals surface area contributed by atoms with Gasteiger partial charge >= 0.3 is 0 Å². The van der Waals surface area contributed by atoms with E-state index in [1.54, 1.807) is 24.3 Å². The van der Waals surface area contributed by atoms with E-state index in [9.17, 15) is 9.59 Å². The summed E-state index contributed by atoms with van der Waals surface area (Å²) >= 11 is 0. The fourth-order valence-electron chi connectivity index (χ4n) is 1.82. The number of rotatable bonds is 7. The van der Waals surface area contributed by atoms with Gasteiger partial charge in [0.1, 0.15) is 5.75 Å². The monoisotopic (exact) mass is 276 g/mol. The minimum absolute atomic E-state index is 0.0975. The van der Waals surface area contributed by atoms with Crippen LogP contribution in [0.1, 0.15) is 30.1 Å². The van der Waals surface area contributed by atoms with Crippen LogP contribution < -0.4 is 15.4 Å². The van der Waals surface area contributed by atoms with Gasteiger partial charge in [-0.05, 0) is 44.0 Å². The van der Waals surface area contributed by atoms with Gasteiger partial charge in [0, 0.05) is 24.6 Å². The first-order valence-corrected chi connectivity index (χ1v) is 6.99. The summed E-state index contributed by atoms with van der Waals surface area (Å²) in [7, 11) is 0. The third kappa shape index (κ3) is 4.26. The summed E-state index contributed by atoms with van der Waals surface area (Å²) in [6.45, 7) is 3.42. The van der Waals surface area contributed by atoms with Crippen molar-refractivity contribution < 1.29 is 14.3 Å². The molecule has 1 fully saturated rings. The van der Waals surface area contributed by atoms with E-state index in [-0.39, 0.29) is 17.7 Å². The quantitative estimate of drug-likeness (QED) is 0.739. The molecule has 0 radical (unpaired) electrons. The molecule has 2 rings (SSSR count). The number of benzene rings is 1. The summed E-state index contributed by atoms with van der Waals surface area (Å²) in [5.41, 5.74) is 0.585. The zero-order valence-corrected chi connectivity index (χ0v) is 11.6. The van der Waals surface area contributed by atoms with E-state index in [1.165, 1.54) is 0 Å². The predicted molar refractivity (Wildman–Crippen MR) is 75.7 cm³/mol. The highest BCUT2D eigenvalue weighted by Gasteiger charge is 2.28. The van der Waals surface area contributed by atoms with E-state index < -0.39 is 0 Å². The maximum atomic E-state index is 11.8. The molecule has 1 aliphatic carbocycles. The number of carbonyl (C=O) groups is 2. The van der Waals surface area contributed by atoms with Crippen LogP contribution in [0.4, 0.5) is 0 Å². The molecule has 108 valence electrons. The highest BCUT2D eigenvalue weighted by Crippen LogP contribution is 2.28. The van der Waals surface area contributed by atoms with Crippen LogP contribution in [0.25, 0.3) is 0 Å². The molecule has 0 heterocycles. The Kier molecular flexibility index (Phi) is 4.98. The van der Waals surface area contributed by atoms with Gasteiger partial charge in [0.05, 0.1) is 6.61 Å². The van der Waals surface area contributed by atoms with Gasteiger partial charge in [-0.25, -0.2) is 0 Å². The van der Waals surface area contributed by atoms with Gasteiger partial charge < -0.3 is 15.4 Å². The van der Waals surface area contributed by atoms with Crippen molar-refractivity contribution in [1.29, 1.82) is 0 Å². The van der Waals surface area contributed by atoms with Crippen LogP contribution in [0.15, 0.2) is 24.3 Å². The molecule has 0 saturated heterocycles. The van der Waals surface area contributed by atoms with Crippen molar-refractivity contribution in [3.63, 3.8) is 0 Å². The molecule has 0 spiro atoms. The lowest BCUT2D eigenvalue weighted by molar-refractivity contribution is -0.122. The molecule has 0 atom stereocenters. The molecule has 1 aliphatic rings. The fraction of sp³-hybridized carbons (Fsp3) is 0.467. The molecule has 2 amide bonds. The molecule has 0 aliphatic heterocycles. The summed E-state index contributed by atoms with van der Waals surface area (Å²) in [6, 6.07) is 6.99. The maximum absolute atomic E-state index is 11.8. The number of amides is 2. The van der Waals surface area contributed by atoms with Gasteiger partial charge in [-0.15, -0.1) is 0 Å². The van der Waals surface area contributed by atoms with Gasteiger partial charge in [-0.1, -0.05) is 0 Å². The molecule has 0 unspecified atom stereocenters. The Morgan fingerprint density at radius 3 is 2.40 bits per heavy atom. The Hall–Kier alpha value is -2.04. The topological polar surface area (TPSA) is 67.4 Å². The average Bonchev–Trinajstić information content (AvgIpc) is 3.29. The van der Waals surface area contributed by atoms with E-state index in [2.05, 4.69) is 10.6 Å². The van der Waals surface area contributed by atoms with Crippen LogP contribution in [0.5, 0.6) is 5.75 Å². The molecule has 5 nitrogen and oxygen atoms in total. The van der Waals surface area contributed by atoms with Crippen LogP contribution in [-0.4, -0.2) is 31.5 Å². The predicted octanol–water partition coefficient (Wildman–Crippen LogP) is 1.34. The first-order valence-electron chi connectivity index (χ1n) is 6.99. The molecule has 1 aromatic rings. The van der Waals surface area contributed by atoms with E-state index in [0.717, 1.165) is 18.6 Å². The number of ether oxygens (including phenoxy) is 1. The van der Waals surface area contributed by atoms with Crippen molar-refractivity contribution >= 4 is 11.8 Å². The summed E-state index contributed by atoms with van der Waals surface area (Å²) in [6.07, 6.45) is 1.98. The summed E-state index contributed by atoms with van der Waals surface area (Å²) < 4.78 is 5.31. The summed E-state index contributed by atoms with van der Waals surface area (Å²) in [4.78, 5) is 23.2. The summed E-state index contributed by atoms with van der Waals surface area (Å²) in [5, 5.41) is 5.57. The Balaban J connectivity index is 1.69. The Labute approximate surface area is 118 Å². The van der Waals surface area contributed by atoms with Gasteiger partial charge in [0.25, 0.3) is 5.91 Å². The first kappa shape index (κ1) is 14.4. The second-order valence-electron chi connectivity index (χ2n) is 4.78. The third-order valence-electron chi connectivity index (χ3n) is 3.09. The molecule has 0 bridgehead atoms. The average molecular weight is 276 g/mol. The first-order chi connectivity index (χ1) is 9.70. The van der Waals surface area contributed by atoms with E-state index >= 15 is 0 Å². The zero-order valence-electron chi connectivity index (χ0n) is 11.6. The van der Waals surface area contributed by atoms with E-state index in [4.69, 9.17) is 4.74 Å². The minimum Gasteiger partial charge on any atom is -0.494 e. The lowest BCUT2D eigenvalue weighted by Gasteiger charge is -2.07. The van der Waals surface area contributed by atoms with Crippen molar-refractivity contribution in [3.05, 3.63) is 29.8 Å². The second kappa shape index (κ2) is 6.93. The standard InChI is InChI=1S/C15H20N2O3/c1-2-20-13-7-5-12(6-8-13)15(19)17-10-9-16-14(18)11-3-4-11/h5-8,11H,2-4,9-10H2,1H3,(H,16,18)(H,17,19). The van der Waals surface area contributed by atoms with Crippen molar-refractivity contribution in [2.45, 2.75) is 19.8 Å². The fourth-order valence-corrected chi connectivity index (χ4v) is 1.82. The van der Waals surface area contributed by atoms with Crippen molar-refractivity contribution in [2.75, 3.05) is 19.7 Å². The third-order valence-corrected chi connectivity index (χ3v) is 3.09. The zero-order chi connectivity index (χ0) is 14.4. The van der Waals surface area contributed by atoms with Gasteiger partial charge in [-0.3, -0.25) is 9.59 Å². The molecular weight excluding hydrogens is 256 g/mol. The molecule has 2 N–H and O–H groups in total. The van der Waals surface area contributed by atoms with Crippen molar-refractivity contribution in [1.82, 2.24) is 10.6 Å². The van der Waals surface area contributed by atoms with Crippen molar-refractivity contribution in [3.8, 4) is 5.75 Å². The van der Waals surface area contributed by atoms with E-state index in [0.29, 0.717) is 25.3 Å².